The van der Waals surface area contributed by atoms with E-state index in [0.29, 0.717) is 34.8 Å². The van der Waals surface area contributed by atoms with Crippen molar-refractivity contribution in [1.82, 2.24) is 15.2 Å². The molecule has 1 heterocycles. The van der Waals surface area contributed by atoms with Gasteiger partial charge >= 0.3 is 0 Å². The summed E-state index contributed by atoms with van der Waals surface area (Å²) in [5, 5.41) is 3.17. The number of ether oxygens (including phenoxy) is 1. The van der Waals surface area contributed by atoms with Crippen LogP contribution < -0.4 is 10.1 Å². The van der Waals surface area contributed by atoms with Gasteiger partial charge in [0.25, 0.3) is 5.91 Å². The van der Waals surface area contributed by atoms with Gasteiger partial charge in [-0.3, -0.25) is 9.59 Å². The third-order valence-electron chi connectivity index (χ3n) is 7.04. The number of fused-ring (bicyclic) bond motifs is 1. The number of carbonyl (C=O) groups is 2. The Bertz CT molecular complexity index is 1180. The molecule has 172 valence electrons. The predicted molar refractivity (Wildman–Crippen MR) is 125 cm³/mol. The molecule has 2 amide bonds. The molecule has 1 N–H and O–H groups in total. The van der Waals surface area contributed by atoms with Crippen molar-refractivity contribution < 1.29 is 18.7 Å². The van der Waals surface area contributed by atoms with E-state index in [2.05, 4.69) is 17.2 Å². The number of oxazole rings is 1. The zero-order chi connectivity index (χ0) is 23.2. The molecule has 2 aliphatic rings. The first kappa shape index (κ1) is 21.5. The molecule has 7 nitrogen and oxygen atoms in total. The molecule has 2 atom stereocenters. The van der Waals surface area contributed by atoms with Crippen LogP contribution in [0.3, 0.4) is 0 Å². The van der Waals surface area contributed by atoms with E-state index in [9.17, 15) is 9.59 Å². The van der Waals surface area contributed by atoms with Gasteiger partial charge in [0.15, 0.2) is 5.58 Å². The van der Waals surface area contributed by atoms with Gasteiger partial charge in [0.05, 0.1) is 12.7 Å². The van der Waals surface area contributed by atoms with Crippen LogP contribution in [0.1, 0.15) is 49.4 Å². The molecule has 2 aromatic carbocycles. The summed E-state index contributed by atoms with van der Waals surface area (Å²) in [6.45, 7) is 2.09. The van der Waals surface area contributed by atoms with E-state index < -0.39 is 0 Å². The molecule has 0 aliphatic heterocycles. The molecule has 7 heteroatoms. The van der Waals surface area contributed by atoms with E-state index in [1.54, 1.807) is 24.1 Å². The minimum Gasteiger partial charge on any atom is -0.496 e. The Morgan fingerprint density at radius 3 is 2.70 bits per heavy atom. The minimum atomic E-state index is -0.0855. The summed E-state index contributed by atoms with van der Waals surface area (Å²) >= 11 is 0. The van der Waals surface area contributed by atoms with Crippen molar-refractivity contribution >= 4 is 22.9 Å². The van der Waals surface area contributed by atoms with Gasteiger partial charge in [0.2, 0.25) is 11.8 Å². The molecule has 0 radical (unpaired) electrons. The third-order valence-corrected chi connectivity index (χ3v) is 7.04. The molecular weight excluding hydrogens is 418 g/mol. The quantitative estimate of drug-likeness (QED) is 0.605. The molecule has 33 heavy (non-hydrogen) atoms. The van der Waals surface area contributed by atoms with E-state index in [1.165, 1.54) is 0 Å². The van der Waals surface area contributed by atoms with E-state index in [4.69, 9.17) is 9.15 Å². The largest absolute Gasteiger partial charge is 0.496 e. The fraction of sp³-hybridized carbons (Fsp3) is 0.423. The first-order chi connectivity index (χ1) is 15.9. The van der Waals surface area contributed by atoms with Crippen molar-refractivity contribution in [2.75, 3.05) is 14.2 Å². The molecule has 2 fully saturated rings. The summed E-state index contributed by atoms with van der Waals surface area (Å²) in [6, 6.07) is 12.9. The number of para-hydroxylation sites is 2. The molecule has 0 spiro atoms. The highest BCUT2D eigenvalue weighted by Crippen LogP contribution is 2.37. The van der Waals surface area contributed by atoms with Crippen LogP contribution >= 0.6 is 0 Å². The monoisotopic (exact) mass is 447 g/mol. The van der Waals surface area contributed by atoms with Gasteiger partial charge in [-0.2, -0.15) is 0 Å². The lowest BCUT2D eigenvalue weighted by molar-refractivity contribution is -0.125. The number of nitrogens with one attached hydrogen (secondary N) is 1. The average Bonchev–Trinajstić information content (AvgIpc) is 3.23. The van der Waals surface area contributed by atoms with Gasteiger partial charge in [0.1, 0.15) is 11.3 Å². The number of methoxy groups -OCH3 is 1. The van der Waals surface area contributed by atoms with Crippen LogP contribution in [0.15, 0.2) is 46.9 Å². The maximum atomic E-state index is 13.2. The van der Waals surface area contributed by atoms with Crippen LogP contribution in [-0.2, 0) is 4.79 Å². The van der Waals surface area contributed by atoms with Crippen molar-refractivity contribution in [3.8, 4) is 17.2 Å². The molecule has 2 aliphatic carbocycles. The molecule has 0 unspecified atom stereocenters. The van der Waals surface area contributed by atoms with Crippen LogP contribution in [0.4, 0.5) is 0 Å². The van der Waals surface area contributed by atoms with Crippen LogP contribution in [0.25, 0.3) is 22.6 Å². The van der Waals surface area contributed by atoms with E-state index >= 15 is 0 Å². The number of carbonyl (C=O) groups excluding carboxylic acids is 2. The normalized spacial score (nSPS) is 21.1. The Kier molecular flexibility index (Phi) is 5.35. The Labute approximate surface area is 193 Å². The Morgan fingerprint density at radius 2 is 1.97 bits per heavy atom. The highest BCUT2D eigenvalue weighted by Gasteiger charge is 2.42. The minimum absolute atomic E-state index is 0.0100. The molecule has 0 saturated heterocycles. The third kappa shape index (κ3) is 4.19. The smallest absolute Gasteiger partial charge is 0.253 e. The van der Waals surface area contributed by atoms with Crippen LogP contribution in [0.5, 0.6) is 5.75 Å². The predicted octanol–water partition coefficient (Wildman–Crippen LogP) is 4.41. The summed E-state index contributed by atoms with van der Waals surface area (Å²) in [4.78, 5) is 32.1. The molecule has 3 aromatic rings. The molecule has 1 aromatic heterocycles. The summed E-state index contributed by atoms with van der Waals surface area (Å²) in [7, 11) is 3.39. The first-order valence-electron chi connectivity index (χ1n) is 11.5. The highest BCUT2D eigenvalue weighted by atomic mass is 16.5. The Balaban J connectivity index is 1.30. The zero-order valence-electron chi connectivity index (χ0n) is 19.3. The van der Waals surface area contributed by atoms with Gasteiger partial charge in [-0.05, 0) is 69.4 Å². The van der Waals surface area contributed by atoms with E-state index in [-0.39, 0.29) is 29.3 Å². The number of benzene rings is 2. The summed E-state index contributed by atoms with van der Waals surface area (Å²) in [5.74, 6) is 0.996. The SMILES string of the molecule is COc1cc(C(=O)N(C)[C@@H]2CC[C@@H](C(=O)NC3(C)CC3)C2)ccc1-c1nc2ccccc2o1. The second-order valence-corrected chi connectivity index (χ2v) is 9.53. The fourth-order valence-electron chi connectivity index (χ4n) is 4.62. The second-order valence-electron chi connectivity index (χ2n) is 9.53. The summed E-state index contributed by atoms with van der Waals surface area (Å²) in [5.41, 5.74) is 2.69. The highest BCUT2D eigenvalue weighted by molar-refractivity contribution is 5.95. The van der Waals surface area contributed by atoms with Gasteiger partial charge < -0.3 is 19.4 Å². The number of nitrogens with zero attached hydrogens (tertiary/aromatic N) is 2. The lowest BCUT2D eigenvalue weighted by Crippen LogP contribution is -2.39. The summed E-state index contributed by atoms with van der Waals surface area (Å²) < 4.78 is 11.4. The topological polar surface area (TPSA) is 84.7 Å². The standard InChI is InChI=1S/C26H29N3O4/c1-26(12-13-26)28-23(30)16-8-10-18(14-16)29(2)25(31)17-9-11-19(22(15-17)32-3)24-27-20-6-4-5-7-21(20)33-24/h4-7,9,11,15-16,18H,8,10,12-14H2,1-3H3,(H,28,30)/t16-,18-/m1/s1. The maximum absolute atomic E-state index is 13.2. The fourth-order valence-corrected chi connectivity index (χ4v) is 4.62. The number of amides is 2. The van der Waals surface area contributed by atoms with Gasteiger partial charge in [0, 0.05) is 30.1 Å². The van der Waals surface area contributed by atoms with Gasteiger partial charge in [-0.15, -0.1) is 0 Å². The van der Waals surface area contributed by atoms with Crippen molar-refractivity contribution in [2.24, 2.45) is 5.92 Å². The lowest BCUT2D eigenvalue weighted by atomic mass is 10.1. The van der Waals surface area contributed by atoms with Crippen LogP contribution in [-0.4, -0.2) is 47.4 Å². The maximum Gasteiger partial charge on any atom is 0.253 e. The van der Waals surface area contributed by atoms with Crippen molar-refractivity contribution in [3.05, 3.63) is 48.0 Å². The zero-order valence-corrected chi connectivity index (χ0v) is 19.3. The van der Waals surface area contributed by atoms with E-state index in [1.807, 2.05) is 37.4 Å². The number of hydrogen-bond acceptors (Lipinski definition) is 5. The van der Waals surface area contributed by atoms with E-state index in [0.717, 1.165) is 31.2 Å². The Morgan fingerprint density at radius 1 is 1.18 bits per heavy atom. The Hall–Kier alpha value is -3.35. The number of aromatic nitrogens is 1. The number of hydrogen-bond donors (Lipinski definition) is 1. The molecular formula is C26H29N3O4. The summed E-state index contributed by atoms with van der Waals surface area (Å²) in [6.07, 6.45) is 4.44. The van der Waals surface area contributed by atoms with Crippen LogP contribution in [0, 0.1) is 5.92 Å². The molecule has 5 rings (SSSR count). The van der Waals surface area contributed by atoms with Crippen molar-refractivity contribution in [1.29, 1.82) is 0 Å². The van der Waals surface area contributed by atoms with Crippen molar-refractivity contribution in [2.45, 2.75) is 50.6 Å². The molecule has 2 saturated carbocycles. The van der Waals surface area contributed by atoms with Crippen molar-refractivity contribution in [3.63, 3.8) is 0 Å². The second kappa shape index (κ2) is 8.21. The van der Waals surface area contributed by atoms with Gasteiger partial charge in [-0.25, -0.2) is 4.98 Å². The molecule has 0 bridgehead atoms. The van der Waals surface area contributed by atoms with Gasteiger partial charge in [-0.1, -0.05) is 12.1 Å². The average molecular weight is 448 g/mol. The number of rotatable bonds is 6. The lowest BCUT2D eigenvalue weighted by Gasteiger charge is -2.25. The van der Waals surface area contributed by atoms with Crippen LogP contribution in [0.2, 0.25) is 0 Å². The first-order valence-corrected chi connectivity index (χ1v) is 11.5.